The summed E-state index contributed by atoms with van der Waals surface area (Å²) in [6.45, 7) is 4.06. The maximum Gasteiger partial charge on any atom is 0.246 e. The summed E-state index contributed by atoms with van der Waals surface area (Å²) in [6.07, 6.45) is 3.23. The number of carbonyl (C=O) groups excluding carboxylic acids is 2. The van der Waals surface area contributed by atoms with Crippen molar-refractivity contribution in [3.05, 3.63) is 35.9 Å². The molecule has 1 aliphatic heterocycles. The molecule has 25 heavy (non-hydrogen) atoms. The Bertz CT molecular complexity index is 648. The topological polar surface area (TPSA) is 60.9 Å². The summed E-state index contributed by atoms with van der Waals surface area (Å²) in [5, 5.41) is 10.6. The van der Waals surface area contributed by atoms with Gasteiger partial charge in [0.1, 0.15) is 5.54 Å². The van der Waals surface area contributed by atoms with Crippen LogP contribution >= 0.6 is 0 Å². The lowest BCUT2D eigenvalue weighted by atomic mass is 9.71. The Balaban J connectivity index is 1.80. The molecule has 136 valence electrons. The number of hydrogen-bond acceptors (Lipinski definition) is 4. The summed E-state index contributed by atoms with van der Waals surface area (Å²) in [5.74, 6) is 0.516. The maximum atomic E-state index is 13.2. The lowest BCUT2D eigenvalue weighted by Gasteiger charge is -2.41. The summed E-state index contributed by atoms with van der Waals surface area (Å²) >= 11 is 0. The van der Waals surface area contributed by atoms with Crippen LogP contribution in [-0.2, 0) is 4.79 Å². The van der Waals surface area contributed by atoms with Crippen molar-refractivity contribution in [2.75, 3.05) is 13.6 Å². The number of carbonyl (C=O) groups is 2. The summed E-state index contributed by atoms with van der Waals surface area (Å²) in [4.78, 5) is 28.8. The summed E-state index contributed by atoms with van der Waals surface area (Å²) < 4.78 is 0. The van der Waals surface area contributed by atoms with E-state index in [2.05, 4.69) is 6.92 Å². The molecular formula is C20H28N2O3. The van der Waals surface area contributed by atoms with Crippen LogP contribution in [0.3, 0.4) is 0 Å². The average molecular weight is 344 g/mol. The zero-order chi connectivity index (χ0) is 18.2. The summed E-state index contributed by atoms with van der Waals surface area (Å²) in [7, 11) is 1.79. The van der Waals surface area contributed by atoms with Gasteiger partial charge in [-0.25, -0.2) is 4.90 Å². The molecule has 1 N–H and O–H groups in total. The molecule has 0 radical (unpaired) electrons. The standard InChI is InChI=1S/C20H28N2O3/c1-14-8-7-11-16(12-14)20(2)18(24)22(19(25)21(20)3)13-17(23)15-9-5-4-6-10-15/h4-6,9-10,14,16,19,25H,7-8,11-13H2,1-3H3. The van der Waals surface area contributed by atoms with E-state index in [1.165, 1.54) is 11.3 Å². The minimum absolute atomic E-state index is 0.0911. The predicted octanol–water partition coefficient (Wildman–Crippen LogP) is 2.50. The van der Waals surface area contributed by atoms with E-state index in [-0.39, 0.29) is 24.2 Å². The summed E-state index contributed by atoms with van der Waals surface area (Å²) in [5.41, 5.74) is -0.185. The lowest BCUT2D eigenvalue weighted by molar-refractivity contribution is -0.137. The fourth-order valence-electron chi connectivity index (χ4n) is 4.43. The smallest absolute Gasteiger partial charge is 0.246 e. The van der Waals surface area contributed by atoms with Gasteiger partial charge in [0.15, 0.2) is 12.1 Å². The molecule has 1 aromatic carbocycles. The quantitative estimate of drug-likeness (QED) is 0.853. The Morgan fingerprint density at radius 2 is 1.96 bits per heavy atom. The van der Waals surface area contributed by atoms with Crippen molar-refractivity contribution in [1.29, 1.82) is 0 Å². The minimum atomic E-state index is -1.05. The van der Waals surface area contributed by atoms with Crippen molar-refractivity contribution >= 4 is 11.7 Å². The van der Waals surface area contributed by atoms with Crippen molar-refractivity contribution in [3.8, 4) is 0 Å². The van der Waals surface area contributed by atoms with E-state index >= 15 is 0 Å². The highest BCUT2D eigenvalue weighted by Gasteiger charge is 2.56. The Labute approximate surface area is 149 Å². The number of ketones is 1. The van der Waals surface area contributed by atoms with Crippen molar-refractivity contribution in [1.82, 2.24) is 9.80 Å². The molecule has 1 heterocycles. The normalized spacial score (nSPS) is 33.7. The highest BCUT2D eigenvalue weighted by Crippen LogP contribution is 2.43. The number of aliphatic hydroxyl groups excluding tert-OH is 1. The second kappa shape index (κ2) is 6.89. The number of rotatable bonds is 4. The zero-order valence-corrected chi connectivity index (χ0v) is 15.3. The number of aliphatic hydroxyl groups is 1. The van der Waals surface area contributed by atoms with Gasteiger partial charge in [-0.3, -0.25) is 14.5 Å². The van der Waals surface area contributed by atoms with Gasteiger partial charge < -0.3 is 5.11 Å². The van der Waals surface area contributed by atoms with Gasteiger partial charge in [-0.1, -0.05) is 50.1 Å². The van der Waals surface area contributed by atoms with E-state index in [1.807, 2.05) is 13.0 Å². The molecule has 0 bridgehead atoms. The largest absolute Gasteiger partial charge is 0.361 e. The Morgan fingerprint density at radius 1 is 1.28 bits per heavy atom. The zero-order valence-electron chi connectivity index (χ0n) is 15.3. The van der Waals surface area contributed by atoms with Crippen LogP contribution in [0.15, 0.2) is 30.3 Å². The molecule has 1 aromatic rings. The van der Waals surface area contributed by atoms with E-state index in [9.17, 15) is 14.7 Å². The minimum Gasteiger partial charge on any atom is -0.361 e. The molecular weight excluding hydrogens is 316 g/mol. The van der Waals surface area contributed by atoms with Crippen LogP contribution in [0.25, 0.3) is 0 Å². The highest BCUT2D eigenvalue weighted by atomic mass is 16.3. The second-order valence-electron chi connectivity index (χ2n) is 7.80. The first-order valence-electron chi connectivity index (χ1n) is 9.16. The molecule has 1 aliphatic carbocycles. The number of nitrogens with zero attached hydrogens (tertiary/aromatic N) is 2. The fourth-order valence-corrected chi connectivity index (χ4v) is 4.43. The summed E-state index contributed by atoms with van der Waals surface area (Å²) in [6, 6.07) is 8.92. The molecule has 1 amide bonds. The van der Waals surface area contributed by atoms with E-state index in [1.54, 1.807) is 36.2 Å². The van der Waals surface area contributed by atoms with Crippen molar-refractivity contribution < 1.29 is 14.7 Å². The average Bonchev–Trinajstić information content (AvgIpc) is 2.78. The van der Waals surface area contributed by atoms with Crippen molar-refractivity contribution in [3.63, 3.8) is 0 Å². The van der Waals surface area contributed by atoms with Crippen LogP contribution in [0.2, 0.25) is 0 Å². The molecule has 1 saturated carbocycles. The van der Waals surface area contributed by atoms with Gasteiger partial charge in [0.2, 0.25) is 5.91 Å². The third-order valence-corrected chi connectivity index (χ3v) is 6.19. The molecule has 1 saturated heterocycles. The Kier molecular flexibility index (Phi) is 4.98. The number of Topliss-reactive ketones (excluding diaryl/α,β-unsaturated/α-hetero) is 1. The molecule has 4 atom stereocenters. The van der Waals surface area contributed by atoms with Gasteiger partial charge in [0.05, 0.1) is 6.54 Å². The first-order valence-corrected chi connectivity index (χ1v) is 9.16. The van der Waals surface area contributed by atoms with E-state index in [0.717, 1.165) is 19.3 Å². The van der Waals surface area contributed by atoms with E-state index in [0.29, 0.717) is 11.5 Å². The van der Waals surface area contributed by atoms with Crippen molar-refractivity contribution in [2.45, 2.75) is 51.4 Å². The maximum absolute atomic E-state index is 13.2. The van der Waals surface area contributed by atoms with Gasteiger partial charge in [-0.15, -0.1) is 0 Å². The molecule has 2 fully saturated rings. The number of amides is 1. The first-order chi connectivity index (χ1) is 11.9. The lowest BCUT2D eigenvalue weighted by Crippen LogP contribution is -2.53. The highest BCUT2D eigenvalue weighted by molar-refractivity contribution is 6.00. The fraction of sp³-hybridized carbons (Fsp3) is 0.600. The molecule has 0 spiro atoms. The van der Waals surface area contributed by atoms with Gasteiger partial charge >= 0.3 is 0 Å². The molecule has 2 aliphatic rings. The number of benzene rings is 1. The van der Waals surface area contributed by atoms with Crippen LogP contribution in [0.1, 0.15) is 49.9 Å². The molecule has 5 nitrogen and oxygen atoms in total. The molecule has 0 aromatic heterocycles. The van der Waals surface area contributed by atoms with Crippen LogP contribution in [0.4, 0.5) is 0 Å². The predicted molar refractivity (Wildman–Crippen MR) is 95.8 cm³/mol. The molecule has 3 rings (SSSR count). The van der Waals surface area contributed by atoms with E-state index in [4.69, 9.17) is 0 Å². The first kappa shape index (κ1) is 18.1. The van der Waals surface area contributed by atoms with Crippen LogP contribution in [0, 0.1) is 11.8 Å². The van der Waals surface area contributed by atoms with Gasteiger partial charge in [0.25, 0.3) is 0 Å². The second-order valence-corrected chi connectivity index (χ2v) is 7.80. The van der Waals surface area contributed by atoms with Gasteiger partial charge in [-0.05, 0) is 38.6 Å². The van der Waals surface area contributed by atoms with E-state index < -0.39 is 11.9 Å². The number of likely N-dealkylation sites (N-methyl/N-ethyl adjacent to an activating group) is 1. The third kappa shape index (κ3) is 3.11. The monoisotopic (exact) mass is 344 g/mol. The Hall–Kier alpha value is -1.72. The van der Waals surface area contributed by atoms with Crippen molar-refractivity contribution in [2.24, 2.45) is 11.8 Å². The SMILES string of the molecule is CC1CCCC(C2(C)C(=O)N(CC(=O)c3ccccc3)C(O)N2C)C1. The molecule has 5 heteroatoms. The van der Waals surface area contributed by atoms with Crippen LogP contribution in [-0.4, -0.2) is 52.1 Å². The Morgan fingerprint density at radius 3 is 2.60 bits per heavy atom. The van der Waals surface area contributed by atoms with Crippen LogP contribution in [0.5, 0.6) is 0 Å². The van der Waals surface area contributed by atoms with Crippen LogP contribution < -0.4 is 0 Å². The van der Waals surface area contributed by atoms with Gasteiger partial charge in [-0.2, -0.15) is 0 Å². The third-order valence-electron chi connectivity index (χ3n) is 6.19. The molecule has 4 unspecified atom stereocenters. The number of hydrogen-bond donors (Lipinski definition) is 1. The van der Waals surface area contributed by atoms with Gasteiger partial charge in [0, 0.05) is 5.56 Å².